The maximum atomic E-state index is 13.1. The van der Waals surface area contributed by atoms with Gasteiger partial charge in [0.2, 0.25) is 0 Å². The predicted octanol–water partition coefficient (Wildman–Crippen LogP) is 2.88. The highest BCUT2D eigenvalue weighted by molar-refractivity contribution is 5.48. The summed E-state index contributed by atoms with van der Waals surface area (Å²) in [5, 5.41) is 14.9. The number of aryl methyl sites for hydroxylation is 3. The van der Waals surface area contributed by atoms with Crippen LogP contribution in [-0.2, 0) is 7.05 Å². The first kappa shape index (κ1) is 13.0. The van der Waals surface area contributed by atoms with Crippen LogP contribution in [0.3, 0.4) is 0 Å². The van der Waals surface area contributed by atoms with Crippen molar-refractivity contribution >= 4 is 5.69 Å². The first-order valence-electron chi connectivity index (χ1n) is 5.52. The van der Waals surface area contributed by atoms with Crippen molar-refractivity contribution < 1.29 is 14.1 Å². The lowest BCUT2D eigenvalue weighted by Crippen LogP contribution is -1.98. The van der Waals surface area contributed by atoms with Gasteiger partial charge in [-0.2, -0.15) is 5.10 Å². The molecule has 0 unspecified atom stereocenters. The second-order valence-corrected chi connectivity index (χ2v) is 4.13. The van der Waals surface area contributed by atoms with E-state index < -0.39 is 4.92 Å². The number of nitro groups is 1. The lowest BCUT2D eigenvalue weighted by atomic mass is 10.2. The zero-order valence-corrected chi connectivity index (χ0v) is 10.7. The van der Waals surface area contributed by atoms with Crippen LogP contribution in [0.1, 0.15) is 11.3 Å². The lowest BCUT2D eigenvalue weighted by Gasteiger charge is -2.06. The minimum atomic E-state index is -0.548. The molecule has 0 amide bonds. The molecule has 0 spiro atoms. The van der Waals surface area contributed by atoms with E-state index in [-0.39, 0.29) is 23.1 Å². The van der Waals surface area contributed by atoms with E-state index in [0.29, 0.717) is 11.3 Å². The first-order valence-corrected chi connectivity index (χ1v) is 5.52. The van der Waals surface area contributed by atoms with Gasteiger partial charge in [0.25, 0.3) is 5.88 Å². The van der Waals surface area contributed by atoms with E-state index in [1.165, 1.54) is 29.8 Å². The molecule has 1 aromatic carbocycles. The second-order valence-electron chi connectivity index (χ2n) is 4.13. The lowest BCUT2D eigenvalue weighted by molar-refractivity contribution is -0.386. The van der Waals surface area contributed by atoms with Crippen LogP contribution < -0.4 is 4.74 Å². The standard InChI is InChI=1S/C12H12FN3O3/c1-7-6-9(4-5-10(7)13)19-12-11(16(17)18)8(2)14-15(12)3/h4-6H,1-3H3. The summed E-state index contributed by atoms with van der Waals surface area (Å²) in [6, 6.07) is 4.13. The van der Waals surface area contributed by atoms with E-state index in [2.05, 4.69) is 5.10 Å². The molecule has 7 heteroatoms. The summed E-state index contributed by atoms with van der Waals surface area (Å²) >= 11 is 0. The second kappa shape index (κ2) is 4.68. The molecule has 0 N–H and O–H groups in total. The number of benzene rings is 1. The number of hydrogen-bond donors (Lipinski definition) is 0. The van der Waals surface area contributed by atoms with Gasteiger partial charge in [0.1, 0.15) is 17.3 Å². The average Bonchev–Trinajstić information content (AvgIpc) is 2.59. The Morgan fingerprint density at radius 1 is 1.42 bits per heavy atom. The molecule has 0 aliphatic rings. The molecular formula is C12H12FN3O3. The zero-order chi connectivity index (χ0) is 14.2. The fourth-order valence-electron chi connectivity index (χ4n) is 1.74. The summed E-state index contributed by atoms with van der Waals surface area (Å²) in [4.78, 5) is 10.4. The Morgan fingerprint density at radius 3 is 2.68 bits per heavy atom. The summed E-state index contributed by atoms with van der Waals surface area (Å²) in [6.07, 6.45) is 0. The Labute approximate surface area is 108 Å². The molecule has 2 rings (SSSR count). The van der Waals surface area contributed by atoms with Gasteiger partial charge in [0.15, 0.2) is 0 Å². The predicted molar refractivity (Wildman–Crippen MR) is 65.8 cm³/mol. The largest absolute Gasteiger partial charge is 0.434 e. The Hall–Kier alpha value is -2.44. The monoisotopic (exact) mass is 265 g/mol. The molecule has 1 heterocycles. The van der Waals surface area contributed by atoms with E-state index in [1.807, 2.05) is 0 Å². The van der Waals surface area contributed by atoms with E-state index in [4.69, 9.17) is 4.74 Å². The van der Waals surface area contributed by atoms with E-state index in [0.717, 1.165) is 0 Å². The van der Waals surface area contributed by atoms with Crippen LogP contribution in [0.5, 0.6) is 11.6 Å². The molecule has 0 bridgehead atoms. The highest BCUT2D eigenvalue weighted by Crippen LogP contribution is 2.33. The average molecular weight is 265 g/mol. The van der Waals surface area contributed by atoms with Crippen molar-refractivity contribution in [2.24, 2.45) is 7.05 Å². The molecule has 0 saturated heterocycles. The molecule has 1 aromatic heterocycles. The quantitative estimate of drug-likeness (QED) is 0.632. The van der Waals surface area contributed by atoms with E-state index >= 15 is 0 Å². The third kappa shape index (κ3) is 2.40. The molecule has 0 radical (unpaired) electrons. The highest BCUT2D eigenvalue weighted by Gasteiger charge is 2.26. The van der Waals surface area contributed by atoms with Gasteiger partial charge in [0.05, 0.1) is 4.92 Å². The van der Waals surface area contributed by atoms with E-state index in [1.54, 1.807) is 14.0 Å². The Bertz CT molecular complexity index is 652. The van der Waals surface area contributed by atoms with Gasteiger partial charge in [-0.3, -0.25) is 10.1 Å². The van der Waals surface area contributed by atoms with Crippen molar-refractivity contribution in [3.63, 3.8) is 0 Å². The van der Waals surface area contributed by atoms with Crippen LogP contribution >= 0.6 is 0 Å². The fraction of sp³-hybridized carbons (Fsp3) is 0.250. The molecule has 2 aromatic rings. The maximum absolute atomic E-state index is 13.1. The van der Waals surface area contributed by atoms with E-state index in [9.17, 15) is 14.5 Å². The normalized spacial score (nSPS) is 10.5. The number of rotatable bonds is 3. The van der Waals surface area contributed by atoms with Crippen LogP contribution in [0.2, 0.25) is 0 Å². The van der Waals surface area contributed by atoms with Gasteiger partial charge < -0.3 is 4.74 Å². The SMILES string of the molecule is Cc1cc(Oc2c([N+](=O)[O-])c(C)nn2C)ccc1F. The number of hydrogen-bond acceptors (Lipinski definition) is 4. The molecule has 0 fully saturated rings. The van der Waals surface area contributed by atoms with Crippen LogP contribution in [0.15, 0.2) is 18.2 Å². The Balaban J connectivity index is 2.43. The molecule has 100 valence electrons. The van der Waals surface area contributed by atoms with Gasteiger partial charge >= 0.3 is 5.69 Å². The maximum Gasteiger partial charge on any atom is 0.353 e. The minimum absolute atomic E-state index is 0.0218. The molecule has 0 aliphatic carbocycles. The van der Waals surface area contributed by atoms with Crippen molar-refractivity contribution in [3.8, 4) is 11.6 Å². The van der Waals surface area contributed by atoms with Crippen molar-refractivity contribution in [2.75, 3.05) is 0 Å². The third-order valence-corrected chi connectivity index (χ3v) is 2.67. The first-order chi connectivity index (χ1) is 8.90. The number of halogens is 1. The van der Waals surface area contributed by atoms with Crippen molar-refractivity contribution in [1.29, 1.82) is 0 Å². The van der Waals surface area contributed by atoms with Gasteiger partial charge in [-0.1, -0.05) is 0 Å². The van der Waals surface area contributed by atoms with Crippen LogP contribution in [-0.4, -0.2) is 14.7 Å². The summed E-state index contributed by atoms with van der Waals surface area (Å²) < 4.78 is 19.9. The summed E-state index contributed by atoms with van der Waals surface area (Å²) in [6.45, 7) is 3.12. The number of nitrogens with zero attached hydrogens (tertiary/aromatic N) is 3. The zero-order valence-electron chi connectivity index (χ0n) is 10.7. The minimum Gasteiger partial charge on any atom is -0.434 e. The molecule has 6 nitrogen and oxygen atoms in total. The molecule has 0 atom stereocenters. The number of aromatic nitrogens is 2. The molecule has 0 saturated carbocycles. The molecule has 19 heavy (non-hydrogen) atoms. The number of ether oxygens (including phenoxy) is 1. The Kier molecular flexibility index (Phi) is 3.20. The van der Waals surface area contributed by atoms with Crippen LogP contribution in [0.4, 0.5) is 10.1 Å². The smallest absolute Gasteiger partial charge is 0.353 e. The van der Waals surface area contributed by atoms with Crippen LogP contribution in [0.25, 0.3) is 0 Å². The third-order valence-electron chi connectivity index (χ3n) is 2.67. The topological polar surface area (TPSA) is 70.2 Å². The van der Waals surface area contributed by atoms with Gasteiger partial charge in [-0.05, 0) is 37.6 Å². The fourth-order valence-corrected chi connectivity index (χ4v) is 1.74. The molecule has 0 aliphatic heterocycles. The van der Waals surface area contributed by atoms with Gasteiger partial charge in [0, 0.05) is 7.05 Å². The van der Waals surface area contributed by atoms with Crippen LogP contribution in [0, 0.1) is 29.8 Å². The van der Waals surface area contributed by atoms with Gasteiger partial charge in [-0.25, -0.2) is 9.07 Å². The van der Waals surface area contributed by atoms with Gasteiger partial charge in [-0.15, -0.1) is 0 Å². The summed E-state index contributed by atoms with van der Waals surface area (Å²) in [7, 11) is 1.55. The highest BCUT2D eigenvalue weighted by atomic mass is 19.1. The van der Waals surface area contributed by atoms with Crippen molar-refractivity contribution in [1.82, 2.24) is 9.78 Å². The van der Waals surface area contributed by atoms with Crippen molar-refractivity contribution in [3.05, 3.63) is 45.4 Å². The molecular weight excluding hydrogens is 253 g/mol. The summed E-state index contributed by atoms with van der Waals surface area (Å²) in [5.41, 5.74) is 0.477. The van der Waals surface area contributed by atoms with Crippen molar-refractivity contribution in [2.45, 2.75) is 13.8 Å². The Morgan fingerprint density at radius 2 is 2.11 bits per heavy atom. The summed E-state index contributed by atoms with van der Waals surface area (Å²) in [5.74, 6) is -0.0125.